The highest BCUT2D eigenvalue weighted by Gasteiger charge is 2.35. The van der Waals surface area contributed by atoms with Crippen LogP contribution in [0.5, 0.6) is 5.75 Å². The van der Waals surface area contributed by atoms with Crippen LogP contribution in [0.2, 0.25) is 5.02 Å². The summed E-state index contributed by atoms with van der Waals surface area (Å²) in [5.74, 6) is 0.672. The molecule has 11 heteroatoms. The highest BCUT2D eigenvalue weighted by molar-refractivity contribution is 7.90. The zero-order valence-electron chi connectivity index (χ0n) is 18.9. The van der Waals surface area contributed by atoms with Crippen molar-refractivity contribution in [1.29, 1.82) is 0 Å². The van der Waals surface area contributed by atoms with E-state index in [0.717, 1.165) is 58.0 Å². The van der Waals surface area contributed by atoms with Gasteiger partial charge in [0.2, 0.25) is 0 Å². The molecule has 180 valence electrons. The van der Waals surface area contributed by atoms with E-state index in [1.165, 1.54) is 25.4 Å². The van der Waals surface area contributed by atoms with Gasteiger partial charge >= 0.3 is 10.2 Å². The number of rotatable bonds is 5. The minimum absolute atomic E-state index is 0.0225. The molecule has 1 unspecified atom stereocenters. The first-order valence-electron chi connectivity index (χ1n) is 11.1. The molecule has 1 N–H and O–H groups in total. The molecule has 1 fully saturated rings. The largest absolute Gasteiger partial charge is 0.479 e. The number of carbonyl (C=O) groups is 1. The number of amides is 1. The monoisotopic (exact) mass is 520 g/mol. The molecular formula is C23H25ClN4O4S2. The van der Waals surface area contributed by atoms with E-state index in [1.54, 1.807) is 12.3 Å². The van der Waals surface area contributed by atoms with Crippen molar-refractivity contribution in [3.8, 4) is 16.9 Å². The standard InChI is InChI=1S/C23H25ClN4O4S2/c1-27(2)34(30,31)26-20-13-18-22(33-20)16(6-7-25-18)17-12-15(24)10-14-11-19(32-21(14)17)23(29)28-8-4-3-5-9-28/h6-7,10,12-13,19,26H,3-5,8-9,11H2,1-2H3. The number of nitrogens with zero attached hydrogens (tertiary/aromatic N) is 3. The second-order valence-electron chi connectivity index (χ2n) is 8.71. The maximum Gasteiger partial charge on any atom is 0.301 e. The van der Waals surface area contributed by atoms with Gasteiger partial charge in [0.05, 0.1) is 10.2 Å². The summed E-state index contributed by atoms with van der Waals surface area (Å²) in [6.07, 6.45) is 4.79. The van der Waals surface area contributed by atoms with Gasteiger partial charge in [-0.2, -0.15) is 12.7 Å². The minimum Gasteiger partial charge on any atom is -0.479 e. The van der Waals surface area contributed by atoms with Crippen molar-refractivity contribution in [2.75, 3.05) is 31.9 Å². The van der Waals surface area contributed by atoms with Gasteiger partial charge in [-0.25, -0.2) is 0 Å². The van der Waals surface area contributed by atoms with Crippen molar-refractivity contribution in [2.24, 2.45) is 0 Å². The Morgan fingerprint density at radius 3 is 2.71 bits per heavy atom. The van der Waals surface area contributed by atoms with Crippen LogP contribution in [0.3, 0.4) is 0 Å². The van der Waals surface area contributed by atoms with Crippen LogP contribution in [0.1, 0.15) is 24.8 Å². The summed E-state index contributed by atoms with van der Waals surface area (Å²) in [6.45, 7) is 1.54. The smallest absolute Gasteiger partial charge is 0.301 e. The molecule has 4 heterocycles. The molecule has 8 nitrogen and oxygen atoms in total. The van der Waals surface area contributed by atoms with Gasteiger partial charge in [0.15, 0.2) is 6.10 Å². The number of likely N-dealkylation sites (tertiary alicyclic amines) is 1. The highest BCUT2D eigenvalue weighted by Crippen LogP contribution is 2.45. The predicted octanol–water partition coefficient (Wildman–Crippen LogP) is 4.15. The van der Waals surface area contributed by atoms with Crippen LogP contribution >= 0.6 is 22.9 Å². The number of piperidine rings is 1. The molecule has 3 aromatic rings. The number of nitrogens with one attached hydrogen (secondary N) is 1. The van der Waals surface area contributed by atoms with E-state index < -0.39 is 16.3 Å². The maximum atomic E-state index is 13.1. The Hall–Kier alpha value is -2.40. The van der Waals surface area contributed by atoms with E-state index >= 15 is 0 Å². The van der Waals surface area contributed by atoms with Crippen molar-refractivity contribution < 1.29 is 17.9 Å². The summed E-state index contributed by atoms with van der Waals surface area (Å²) < 4.78 is 35.3. The van der Waals surface area contributed by atoms with E-state index in [0.29, 0.717) is 27.7 Å². The van der Waals surface area contributed by atoms with Crippen LogP contribution in [0.4, 0.5) is 5.00 Å². The Balaban J connectivity index is 1.51. The zero-order chi connectivity index (χ0) is 24.0. The average molecular weight is 521 g/mol. The van der Waals surface area contributed by atoms with Crippen molar-refractivity contribution >= 4 is 54.3 Å². The second-order valence-corrected chi connectivity index (χ2v) is 12.1. The third-order valence-corrected chi connectivity index (χ3v) is 9.01. The molecular weight excluding hydrogens is 496 g/mol. The Morgan fingerprint density at radius 1 is 1.21 bits per heavy atom. The number of hydrogen-bond acceptors (Lipinski definition) is 6. The number of carbonyl (C=O) groups excluding carboxylic acids is 1. The van der Waals surface area contributed by atoms with Gasteiger partial charge in [0, 0.05) is 61.5 Å². The summed E-state index contributed by atoms with van der Waals surface area (Å²) in [7, 11) is -0.711. The third kappa shape index (κ3) is 4.35. The van der Waals surface area contributed by atoms with Crippen LogP contribution in [-0.2, 0) is 21.4 Å². The summed E-state index contributed by atoms with van der Waals surface area (Å²) in [6, 6.07) is 7.25. The third-order valence-electron chi connectivity index (χ3n) is 6.15. The molecule has 1 atom stereocenters. The second kappa shape index (κ2) is 8.99. The van der Waals surface area contributed by atoms with Crippen LogP contribution < -0.4 is 9.46 Å². The van der Waals surface area contributed by atoms with Crippen molar-refractivity contribution in [1.82, 2.24) is 14.2 Å². The van der Waals surface area contributed by atoms with Gasteiger partial charge in [0.1, 0.15) is 10.8 Å². The molecule has 34 heavy (non-hydrogen) atoms. The number of hydrogen-bond donors (Lipinski definition) is 1. The SMILES string of the molecule is CN(C)S(=O)(=O)Nc1cc2nccc(-c3cc(Cl)cc4c3OC(C(=O)N3CCCCC3)C4)c2s1. The van der Waals surface area contributed by atoms with Crippen LogP contribution in [0.15, 0.2) is 30.5 Å². The normalized spacial score (nSPS) is 18.2. The van der Waals surface area contributed by atoms with Gasteiger partial charge in [0.25, 0.3) is 5.91 Å². The molecule has 0 aliphatic carbocycles. The van der Waals surface area contributed by atoms with Gasteiger partial charge < -0.3 is 9.64 Å². The molecule has 5 rings (SSSR count). The fourth-order valence-electron chi connectivity index (χ4n) is 4.40. The number of benzene rings is 1. The first-order chi connectivity index (χ1) is 16.2. The summed E-state index contributed by atoms with van der Waals surface area (Å²) in [4.78, 5) is 19.4. The molecule has 1 saturated heterocycles. The Morgan fingerprint density at radius 2 is 1.97 bits per heavy atom. The van der Waals surface area contributed by atoms with Crippen molar-refractivity contribution in [3.63, 3.8) is 0 Å². The number of halogens is 1. The zero-order valence-corrected chi connectivity index (χ0v) is 21.3. The molecule has 2 aliphatic heterocycles. The van der Waals surface area contributed by atoms with E-state index in [1.807, 2.05) is 23.1 Å². The Labute approximate surface area is 207 Å². The predicted molar refractivity (Wildman–Crippen MR) is 135 cm³/mol. The number of ether oxygens (including phenoxy) is 1. The number of pyridine rings is 1. The maximum absolute atomic E-state index is 13.1. The quantitative estimate of drug-likeness (QED) is 0.545. The molecule has 2 aliphatic rings. The summed E-state index contributed by atoms with van der Waals surface area (Å²) in [5, 5.41) is 1.01. The van der Waals surface area contributed by atoms with E-state index in [9.17, 15) is 13.2 Å². The van der Waals surface area contributed by atoms with Crippen LogP contribution in [0.25, 0.3) is 21.3 Å². The number of aromatic nitrogens is 1. The fraction of sp³-hybridized carbons (Fsp3) is 0.391. The molecule has 1 aromatic carbocycles. The summed E-state index contributed by atoms with van der Waals surface area (Å²) in [5.41, 5.74) is 3.15. The average Bonchev–Trinajstić information content (AvgIpc) is 3.41. The Bertz CT molecular complexity index is 1370. The lowest BCUT2D eigenvalue weighted by Crippen LogP contribution is -2.43. The number of fused-ring (bicyclic) bond motifs is 2. The molecule has 1 amide bonds. The highest BCUT2D eigenvalue weighted by atomic mass is 35.5. The topological polar surface area (TPSA) is 91.8 Å². The van der Waals surface area contributed by atoms with Gasteiger partial charge in [-0.15, -0.1) is 11.3 Å². The minimum atomic E-state index is -3.64. The fourth-order valence-corrected chi connectivity index (χ4v) is 6.51. The van der Waals surface area contributed by atoms with Crippen LogP contribution in [-0.4, -0.2) is 61.8 Å². The van der Waals surface area contributed by atoms with Gasteiger partial charge in [-0.05, 0) is 43.5 Å². The van der Waals surface area contributed by atoms with E-state index in [4.69, 9.17) is 16.3 Å². The van der Waals surface area contributed by atoms with Crippen molar-refractivity contribution in [3.05, 3.63) is 41.0 Å². The summed E-state index contributed by atoms with van der Waals surface area (Å²) >= 11 is 7.76. The van der Waals surface area contributed by atoms with Crippen molar-refractivity contribution in [2.45, 2.75) is 31.8 Å². The molecule has 0 radical (unpaired) electrons. The molecule has 0 saturated carbocycles. The first kappa shape index (κ1) is 23.3. The van der Waals surface area contributed by atoms with Gasteiger partial charge in [-0.1, -0.05) is 11.6 Å². The lowest BCUT2D eigenvalue weighted by molar-refractivity contribution is -0.138. The lowest BCUT2D eigenvalue weighted by Gasteiger charge is -2.28. The van der Waals surface area contributed by atoms with E-state index in [-0.39, 0.29) is 5.91 Å². The number of thiophene rings is 1. The number of anilines is 1. The molecule has 0 bridgehead atoms. The Kier molecular flexibility index (Phi) is 6.18. The van der Waals surface area contributed by atoms with E-state index in [2.05, 4.69) is 9.71 Å². The van der Waals surface area contributed by atoms with Gasteiger partial charge in [-0.3, -0.25) is 14.5 Å². The van der Waals surface area contributed by atoms with Crippen LogP contribution in [0, 0.1) is 0 Å². The first-order valence-corrected chi connectivity index (χ1v) is 13.7. The lowest BCUT2D eigenvalue weighted by atomic mass is 10.0. The molecule has 0 spiro atoms. The molecule has 2 aromatic heterocycles.